The van der Waals surface area contributed by atoms with Crippen molar-refractivity contribution in [2.75, 3.05) is 10.6 Å². The zero-order chi connectivity index (χ0) is 16.9. The van der Waals surface area contributed by atoms with E-state index in [9.17, 15) is 9.59 Å². The summed E-state index contributed by atoms with van der Waals surface area (Å²) in [5.41, 5.74) is 1.85. The molecule has 1 aromatic heterocycles. The van der Waals surface area contributed by atoms with Gasteiger partial charge < -0.3 is 15.1 Å². The van der Waals surface area contributed by atoms with E-state index < -0.39 is 0 Å². The first-order valence-corrected chi connectivity index (χ1v) is 8.22. The predicted octanol–water partition coefficient (Wildman–Crippen LogP) is 4.39. The van der Waals surface area contributed by atoms with Crippen LogP contribution in [0.25, 0.3) is 0 Å². The van der Waals surface area contributed by atoms with Crippen LogP contribution in [-0.2, 0) is 0 Å². The second-order valence-electron chi connectivity index (χ2n) is 4.94. The Morgan fingerprint density at radius 1 is 0.833 bits per heavy atom. The van der Waals surface area contributed by atoms with Gasteiger partial charge in [0.2, 0.25) is 0 Å². The number of carbonyl (C=O) groups excluding carboxylic acids is 2. The van der Waals surface area contributed by atoms with E-state index in [1.54, 1.807) is 36.4 Å². The summed E-state index contributed by atoms with van der Waals surface area (Å²) in [6, 6.07) is 17.4. The summed E-state index contributed by atoms with van der Waals surface area (Å²) in [5.74, 6) is -0.311. The number of benzene rings is 2. The van der Waals surface area contributed by atoms with Crippen LogP contribution < -0.4 is 10.6 Å². The summed E-state index contributed by atoms with van der Waals surface area (Å²) in [6.45, 7) is 0. The molecule has 120 valence electrons. The summed E-state index contributed by atoms with van der Waals surface area (Å²) in [6.07, 6.45) is 1.44. The van der Waals surface area contributed by atoms with E-state index in [1.165, 1.54) is 6.26 Å². The smallest absolute Gasteiger partial charge is 0.291 e. The Balaban J connectivity index is 1.67. The highest BCUT2D eigenvalue weighted by molar-refractivity contribution is 14.1. The highest BCUT2D eigenvalue weighted by Gasteiger charge is 2.10. The molecule has 0 aliphatic carbocycles. The molecule has 2 N–H and O–H groups in total. The maximum absolute atomic E-state index is 12.3. The van der Waals surface area contributed by atoms with Crippen LogP contribution in [0.15, 0.2) is 71.3 Å². The van der Waals surface area contributed by atoms with Gasteiger partial charge in [0, 0.05) is 14.8 Å². The van der Waals surface area contributed by atoms with Crippen molar-refractivity contribution in [2.45, 2.75) is 0 Å². The van der Waals surface area contributed by atoms with Crippen LogP contribution in [0.2, 0.25) is 0 Å². The Kier molecular flexibility index (Phi) is 4.95. The number of nitrogens with one attached hydrogen (secondary N) is 2. The third-order valence-electron chi connectivity index (χ3n) is 3.27. The highest BCUT2D eigenvalue weighted by Crippen LogP contribution is 2.18. The van der Waals surface area contributed by atoms with Crippen molar-refractivity contribution in [1.82, 2.24) is 0 Å². The molecule has 0 bridgehead atoms. The Labute approximate surface area is 152 Å². The normalized spacial score (nSPS) is 10.2. The first kappa shape index (κ1) is 16.3. The van der Waals surface area contributed by atoms with Crippen LogP contribution >= 0.6 is 22.6 Å². The molecule has 5 nitrogen and oxygen atoms in total. The molecule has 0 saturated heterocycles. The Morgan fingerprint density at radius 3 is 2.25 bits per heavy atom. The number of hydrogen-bond donors (Lipinski definition) is 2. The fourth-order valence-electron chi connectivity index (χ4n) is 2.06. The summed E-state index contributed by atoms with van der Waals surface area (Å²) in [5, 5.41) is 5.56. The largest absolute Gasteiger partial charge is 0.459 e. The summed E-state index contributed by atoms with van der Waals surface area (Å²) >= 11 is 2.17. The highest BCUT2D eigenvalue weighted by atomic mass is 127. The van der Waals surface area contributed by atoms with E-state index in [-0.39, 0.29) is 17.6 Å². The Hall–Kier alpha value is -2.61. The van der Waals surface area contributed by atoms with Gasteiger partial charge in [-0.3, -0.25) is 9.59 Å². The van der Waals surface area contributed by atoms with Crippen molar-refractivity contribution in [3.63, 3.8) is 0 Å². The molecule has 2 aromatic carbocycles. The number of hydrogen-bond acceptors (Lipinski definition) is 3. The van der Waals surface area contributed by atoms with Crippen molar-refractivity contribution < 1.29 is 14.0 Å². The van der Waals surface area contributed by atoms with Crippen LogP contribution in [0.1, 0.15) is 20.9 Å². The van der Waals surface area contributed by atoms with Crippen LogP contribution in [0.5, 0.6) is 0 Å². The van der Waals surface area contributed by atoms with Gasteiger partial charge in [-0.05, 0) is 71.1 Å². The fourth-order valence-corrected chi connectivity index (χ4v) is 2.58. The minimum atomic E-state index is -0.337. The van der Waals surface area contributed by atoms with Crippen LogP contribution in [0.3, 0.4) is 0 Å². The maximum Gasteiger partial charge on any atom is 0.291 e. The number of rotatable bonds is 4. The van der Waals surface area contributed by atoms with Gasteiger partial charge in [-0.15, -0.1) is 0 Å². The molecular weight excluding hydrogens is 419 g/mol. The molecule has 2 amide bonds. The Morgan fingerprint density at radius 2 is 1.58 bits per heavy atom. The van der Waals surface area contributed by atoms with Crippen molar-refractivity contribution in [2.24, 2.45) is 0 Å². The lowest BCUT2D eigenvalue weighted by Crippen LogP contribution is -2.13. The molecule has 0 aliphatic rings. The third kappa shape index (κ3) is 3.83. The van der Waals surface area contributed by atoms with Gasteiger partial charge in [-0.25, -0.2) is 0 Å². The molecular formula is C18H13IN2O3. The molecule has 0 fully saturated rings. The van der Waals surface area contributed by atoms with Crippen LogP contribution in [0, 0.1) is 3.57 Å². The topological polar surface area (TPSA) is 71.3 Å². The molecule has 3 rings (SSSR count). The lowest BCUT2D eigenvalue weighted by Gasteiger charge is -2.08. The van der Waals surface area contributed by atoms with Gasteiger partial charge in [0.1, 0.15) is 0 Å². The fraction of sp³-hybridized carbons (Fsp3) is 0. The number of carbonyl (C=O) groups is 2. The lowest BCUT2D eigenvalue weighted by molar-refractivity contribution is 0.0995. The zero-order valence-corrected chi connectivity index (χ0v) is 14.6. The minimum Gasteiger partial charge on any atom is -0.459 e. The van der Waals surface area contributed by atoms with E-state index >= 15 is 0 Å². The number of amides is 2. The second-order valence-corrected chi connectivity index (χ2v) is 6.10. The van der Waals surface area contributed by atoms with Crippen molar-refractivity contribution >= 4 is 45.8 Å². The molecule has 0 radical (unpaired) electrons. The van der Waals surface area contributed by atoms with E-state index in [2.05, 4.69) is 33.2 Å². The van der Waals surface area contributed by atoms with Gasteiger partial charge in [-0.1, -0.05) is 12.1 Å². The summed E-state index contributed by atoms with van der Waals surface area (Å²) < 4.78 is 5.99. The molecule has 24 heavy (non-hydrogen) atoms. The molecule has 0 aliphatic heterocycles. The minimum absolute atomic E-state index is 0.206. The van der Waals surface area contributed by atoms with E-state index in [0.29, 0.717) is 11.3 Å². The second kappa shape index (κ2) is 7.31. The third-order valence-corrected chi connectivity index (χ3v) is 4.21. The van der Waals surface area contributed by atoms with Gasteiger partial charge in [0.25, 0.3) is 11.8 Å². The molecule has 0 unspecified atom stereocenters. The van der Waals surface area contributed by atoms with Gasteiger partial charge in [0.15, 0.2) is 5.76 Å². The van der Waals surface area contributed by atoms with Crippen molar-refractivity contribution in [3.8, 4) is 0 Å². The van der Waals surface area contributed by atoms with Crippen molar-refractivity contribution in [1.29, 1.82) is 0 Å². The maximum atomic E-state index is 12.3. The first-order valence-electron chi connectivity index (χ1n) is 7.14. The van der Waals surface area contributed by atoms with E-state index in [1.807, 2.05) is 24.3 Å². The monoisotopic (exact) mass is 432 g/mol. The zero-order valence-electron chi connectivity index (χ0n) is 12.5. The van der Waals surface area contributed by atoms with E-state index in [0.717, 1.165) is 9.26 Å². The van der Waals surface area contributed by atoms with Crippen LogP contribution in [-0.4, -0.2) is 11.8 Å². The van der Waals surface area contributed by atoms with Crippen molar-refractivity contribution in [3.05, 3.63) is 81.8 Å². The Bertz CT molecular complexity index is 858. The molecule has 1 heterocycles. The number of anilines is 2. The molecule has 0 atom stereocenters. The van der Waals surface area contributed by atoms with Gasteiger partial charge >= 0.3 is 0 Å². The molecule has 0 saturated carbocycles. The SMILES string of the molecule is O=C(Nc1ccccc1I)c1ccc(NC(=O)c2ccco2)cc1. The lowest BCUT2D eigenvalue weighted by atomic mass is 10.2. The quantitative estimate of drug-likeness (QED) is 0.601. The summed E-state index contributed by atoms with van der Waals surface area (Å²) in [4.78, 5) is 24.2. The van der Waals surface area contributed by atoms with Gasteiger partial charge in [0.05, 0.1) is 12.0 Å². The number of furan rings is 1. The average molecular weight is 432 g/mol. The van der Waals surface area contributed by atoms with Crippen LogP contribution in [0.4, 0.5) is 11.4 Å². The standard InChI is InChI=1S/C18H13IN2O3/c19-14-4-1-2-5-15(14)21-17(22)12-7-9-13(10-8-12)20-18(23)16-6-3-11-24-16/h1-11H,(H,20,23)(H,21,22). The molecule has 0 spiro atoms. The van der Waals surface area contributed by atoms with E-state index in [4.69, 9.17) is 4.42 Å². The van der Waals surface area contributed by atoms with Gasteiger partial charge in [-0.2, -0.15) is 0 Å². The molecule has 6 heteroatoms. The molecule has 3 aromatic rings. The number of halogens is 1. The summed E-state index contributed by atoms with van der Waals surface area (Å²) in [7, 11) is 0. The first-order chi connectivity index (χ1) is 11.6. The average Bonchev–Trinajstić information content (AvgIpc) is 3.12. The number of para-hydroxylation sites is 1. The predicted molar refractivity (Wildman–Crippen MR) is 100 cm³/mol.